The van der Waals surface area contributed by atoms with Crippen molar-refractivity contribution < 1.29 is 9.59 Å². The van der Waals surface area contributed by atoms with Gasteiger partial charge in [0.15, 0.2) is 0 Å². The second kappa shape index (κ2) is 9.57. The molecule has 0 aliphatic carbocycles. The van der Waals surface area contributed by atoms with Crippen LogP contribution in [0.1, 0.15) is 33.8 Å². The molecule has 0 fully saturated rings. The minimum absolute atomic E-state index is 0.0598. The minimum Gasteiger partial charge on any atom is -0.345 e. The zero-order chi connectivity index (χ0) is 19.9. The van der Waals surface area contributed by atoms with Crippen LogP contribution in [0.5, 0.6) is 0 Å². The first kappa shape index (κ1) is 20.2. The topological polar surface area (TPSA) is 58.2 Å². The van der Waals surface area contributed by atoms with Crippen molar-refractivity contribution >= 4 is 40.6 Å². The van der Waals surface area contributed by atoms with Gasteiger partial charge in [0.2, 0.25) is 5.91 Å². The highest BCUT2D eigenvalue weighted by atomic mass is 32.2. The maximum Gasteiger partial charge on any atom is 0.252 e. The number of aryl methyl sites for hydroxylation is 1. The number of nitrogens with one attached hydrogen (secondary N) is 2. The van der Waals surface area contributed by atoms with Crippen molar-refractivity contribution in [2.75, 3.05) is 11.1 Å². The molecule has 2 N–H and O–H groups in total. The summed E-state index contributed by atoms with van der Waals surface area (Å²) in [4.78, 5) is 26.9. The predicted molar refractivity (Wildman–Crippen MR) is 117 cm³/mol. The molecule has 0 bridgehead atoms. The summed E-state index contributed by atoms with van der Waals surface area (Å²) in [6.45, 7) is 3.97. The SMILES string of the molecule is Cc1ccc(NC(=O)CSc2ccccc2C(=O)NC(C)c2cccs2)cc1. The summed E-state index contributed by atoms with van der Waals surface area (Å²) in [5.74, 6) is -0.00230. The van der Waals surface area contributed by atoms with Gasteiger partial charge in [0.05, 0.1) is 17.4 Å². The summed E-state index contributed by atoms with van der Waals surface area (Å²) in [6.07, 6.45) is 0. The Morgan fingerprint density at radius 1 is 1.04 bits per heavy atom. The molecule has 0 saturated carbocycles. The highest BCUT2D eigenvalue weighted by Gasteiger charge is 2.16. The molecule has 2 amide bonds. The smallest absolute Gasteiger partial charge is 0.252 e. The van der Waals surface area contributed by atoms with Crippen LogP contribution in [0.4, 0.5) is 5.69 Å². The van der Waals surface area contributed by atoms with E-state index in [1.54, 1.807) is 17.4 Å². The highest BCUT2D eigenvalue weighted by Crippen LogP contribution is 2.25. The van der Waals surface area contributed by atoms with Crippen LogP contribution in [-0.2, 0) is 4.79 Å². The molecule has 0 radical (unpaired) electrons. The molecule has 3 rings (SSSR count). The number of rotatable bonds is 7. The van der Waals surface area contributed by atoms with Crippen LogP contribution in [0.25, 0.3) is 0 Å². The molecule has 0 saturated heterocycles. The number of anilines is 1. The van der Waals surface area contributed by atoms with Crippen LogP contribution in [0, 0.1) is 6.92 Å². The Kier molecular flexibility index (Phi) is 6.90. The number of carbonyl (C=O) groups excluding carboxylic acids is 2. The first-order valence-corrected chi connectivity index (χ1v) is 10.8. The predicted octanol–water partition coefficient (Wildman–Crippen LogP) is 5.28. The number of thiophene rings is 1. The van der Waals surface area contributed by atoms with Crippen LogP contribution in [0.3, 0.4) is 0 Å². The summed E-state index contributed by atoms with van der Waals surface area (Å²) in [5, 5.41) is 7.90. The molecule has 1 unspecified atom stereocenters. The van der Waals surface area contributed by atoms with Gasteiger partial charge in [-0.05, 0) is 49.6 Å². The van der Waals surface area contributed by atoms with E-state index in [1.165, 1.54) is 11.8 Å². The fraction of sp³-hybridized carbons (Fsp3) is 0.182. The first-order chi connectivity index (χ1) is 13.5. The summed E-state index contributed by atoms with van der Waals surface area (Å²) >= 11 is 2.98. The van der Waals surface area contributed by atoms with Crippen LogP contribution < -0.4 is 10.6 Å². The Morgan fingerprint density at radius 3 is 2.50 bits per heavy atom. The number of hydrogen-bond donors (Lipinski definition) is 2. The van der Waals surface area contributed by atoms with Crippen molar-refractivity contribution in [2.24, 2.45) is 0 Å². The Balaban J connectivity index is 1.60. The zero-order valence-corrected chi connectivity index (χ0v) is 17.4. The van der Waals surface area contributed by atoms with Gasteiger partial charge in [-0.25, -0.2) is 0 Å². The van der Waals surface area contributed by atoms with Gasteiger partial charge in [0.25, 0.3) is 5.91 Å². The molecule has 1 atom stereocenters. The zero-order valence-electron chi connectivity index (χ0n) is 15.8. The van der Waals surface area contributed by atoms with Crippen molar-refractivity contribution in [3.8, 4) is 0 Å². The summed E-state index contributed by atoms with van der Waals surface area (Å²) in [5.41, 5.74) is 2.50. The lowest BCUT2D eigenvalue weighted by Crippen LogP contribution is -2.26. The molecule has 144 valence electrons. The Hall–Kier alpha value is -2.57. The van der Waals surface area contributed by atoms with E-state index in [0.29, 0.717) is 5.56 Å². The van der Waals surface area contributed by atoms with E-state index in [1.807, 2.05) is 73.8 Å². The maximum absolute atomic E-state index is 12.7. The molecule has 1 aromatic heterocycles. The van der Waals surface area contributed by atoms with Gasteiger partial charge >= 0.3 is 0 Å². The van der Waals surface area contributed by atoms with E-state index in [9.17, 15) is 9.59 Å². The van der Waals surface area contributed by atoms with E-state index < -0.39 is 0 Å². The molecule has 2 aromatic carbocycles. The Morgan fingerprint density at radius 2 is 1.79 bits per heavy atom. The van der Waals surface area contributed by atoms with Gasteiger partial charge in [-0.15, -0.1) is 23.1 Å². The second-order valence-electron chi connectivity index (χ2n) is 6.41. The van der Waals surface area contributed by atoms with Crippen molar-refractivity contribution in [3.63, 3.8) is 0 Å². The number of hydrogen-bond acceptors (Lipinski definition) is 4. The van der Waals surface area contributed by atoms with E-state index in [0.717, 1.165) is 21.0 Å². The fourth-order valence-electron chi connectivity index (χ4n) is 2.64. The quantitative estimate of drug-likeness (QED) is 0.521. The standard InChI is InChI=1S/C22H22N2O2S2/c1-15-9-11-17(12-10-15)24-21(25)14-28-20-7-4-3-6-18(20)22(26)23-16(2)19-8-5-13-27-19/h3-13,16H,14H2,1-2H3,(H,23,26)(H,24,25). The normalized spacial score (nSPS) is 11.6. The van der Waals surface area contributed by atoms with Crippen molar-refractivity contribution in [1.29, 1.82) is 0 Å². The van der Waals surface area contributed by atoms with Crippen LogP contribution in [-0.4, -0.2) is 17.6 Å². The van der Waals surface area contributed by atoms with E-state index in [-0.39, 0.29) is 23.6 Å². The molecule has 0 aliphatic rings. The number of carbonyl (C=O) groups is 2. The molecular weight excluding hydrogens is 388 g/mol. The molecule has 1 heterocycles. The number of thioether (sulfide) groups is 1. The Bertz CT molecular complexity index is 937. The van der Waals surface area contributed by atoms with Gasteiger partial charge in [-0.2, -0.15) is 0 Å². The maximum atomic E-state index is 12.7. The lowest BCUT2D eigenvalue weighted by Gasteiger charge is -2.14. The van der Waals surface area contributed by atoms with Crippen molar-refractivity contribution in [2.45, 2.75) is 24.8 Å². The lowest BCUT2D eigenvalue weighted by atomic mass is 10.2. The number of amides is 2. The summed E-state index contributed by atoms with van der Waals surface area (Å²) in [6, 6.07) is 19.0. The van der Waals surface area contributed by atoms with Gasteiger partial charge in [0.1, 0.15) is 0 Å². The van der Waals surface area contributed by atoms with Gasteiger partial charge in [0, 0.05) is 15.5 Å². The van der Waals surface area contributed by atoms with Gasteiger partial charge in [-0.3, -0.25) is 9.59 Å². The summed E-state index contributed by atoms with van der Waals surface area (Å²) in [7, 11) is 0. The van der Waals surface area contributed by atoms with Crippen LogP contribution in [0.15, 0.2) is 70.9 Å². The van der Waals surface area contributed by atoms with Crippen LogP contribution in [0.2, 0.25) is 0 Å². The van der Waals surface area contributed by atoms with Gasteiger partial charge < -0.3 is 10.6 Å². The van der Waals surface area contributed by atoms with Gasteiger partial charge in [-0.1, -0.05) is 35.9 Å². The van der Waals surface area contributed by atoms with E-state index in [2.05, 4.69) is 10.6 Å². The Labute approximate surface area is 173 Å². The molecular formula is C22H22N2O2S2. The third kappa shape index (κ3) is 5.47. The average Bonchev–Trinajstić information content (AvgIpc) is 3.23. The molecule has 0 spiro atoms. The summed E-state index contributed by atoms with van der Waals surface area (Å²) < 4.78 is 0. The fourth-order valence-corrected chi connectivity index (χ4v) is 4.22. The average molecular weight is 411 g/mol. The van der Waals surface area contributed by atoms with Crippen molar-refractivity contribution in [3.05, 3.63) is 82.0 Å². The third-order valence-electron chi connectivity index (χ3n) is 4.14. The molecule has 0 aliphatic heterocycles. The number of benzene rings is 2. The molecule has 3 aromatic rings. The highest BCUT2D eigenvalue weighted by molar-refractivity contribution is 8.00. The molecule has 28 heavy (non-hydrogen) atoms. The monoisotopic (exact) mass is 410 g/mol. The van der Waals surface area contributed by atoms with Crippen molar-refractivity contribution in [1.82, 2.24) is 5.32 Å². The van der Waals surface area contributed by atoms with E-state index >= 15 is 0 Å². The molecule has 6 heteroatoms. The van der Waals surface area contributed by atoms with Crippen LogP contribution >= 0.6 is 23.1 Å². The minimum atomic E-state index is -0.136. The van der Waals surface area contributed by atoms with E-state index in [4.69, 9.17) is 0 Å². The molecule has 4 nitrogen and oxygen atoms in total. The second-order valence-corrected chi connectivity index (χ2v) is 8.41. The lowest BCUT2D eigenvalue weighted by molar-refractivity contribution is -0.113. The largest absolute Gasteiger partial charge is 0.345 e. The third-order valence-corrected chi connectivity index (χ3v) is 6.27. The first-order valence-electron chi connectivity index (χ1n) is 8.95.